The lowest BCUT2D eigenvalue weighted by molar-refractivity contribution is 0.478. The minimum Gasteiger partial charge on any atom is -0.355 e. The summed E-state index contributed by atoms with van der Waals surface area (Å²) >= 11 is 1.88. The summed E-state index contributed by atoms with van der Waals surface area (Å²) in [6.45, 7) is 4.37. The molecule has 0 bridgehead atoms. The third kappa shape index (κ3) is 2.60. The van der Waals surface area contributed by atoms with Crippen LogP contribution in [0, 0.1) is 5.92 Å². The molecule has 0 radical (unpaired) electrons. The van der Waals surface area contributed by atoms with Crippen molar-refractivity contribution in [1.82, 2.24) is 24.7 Å². The highest BCUT2D eigenvalue weighted by Gasteiger charge is 2.29. The maximum atomic E-state index is 4.75. The zero-order chi connectivity index (χ0) is 17.7. The van der Waals surface area contributed by atoms with E-state index < -0.39 is 0 Å². The van der Waals surface area contributed by atoms with Crippen LogP contribution in [0.1, 0.15) is 48.4 Å². The Labute approximate surface area is 157 Å². The summed E-state index contributed by atoms with van der Waals surface area (Å²) < 4.78 is 2.05. The van der Waals surface area contributed by atoms with Crippen LogP contribution in [0.4, 0.5) is 5.82 Å². The van der Waals surface area contributed by atoms with Gasteiger partial charge in [0.2, 0.25) is 0 Å². The lowest BCUT2D eigenvalue weighted by Crippen LogP contribution is -2.36. The van der Waals surface area contributed by atoms with Gasteiger partial charge in [0, 0.05) is 30.9 Å². The molecule has 2 aliphatic rings. The van der Waals surface area contributed by atoms with Crippen molar-refractivity contribution >= 4 is 27.4 Å². The molecule has 3 aromatic heterocycles. The predicted octanol–water partition coefficient (Wildman–Crippen LogP) is 3.33. The average molecular weight is 369 g/mol. The molecule has 1 fully saturated rings. The predicted molar refractivity (Wildman–Crippen MR) is 104 cm³/mol. The van der Waals surface area contributed by atoms with Crippen molar-refractivity contribution in [2.24, 2.45) is 13.0 Å². The number of rotatable bonds is 2. The van der Waals surface area contributed by atoms with Crippen molar-refractivity contribution in [3.8, 4) is 0 Å². The van der Waals surface area contributed by atoms with Gasteiger partial charge in [0.05, 0.1) is 5.39 Å². The van der Waals surface area contributed by atoms with Gasteiger partial charge in [-0.1, -0.05) is 6.92 Å². The summed E-state index contributed by atoms with van der Waals surface area (Å²) in [6, 6.07) is 0. The molecule has 0 saturated carbocycles. The number of aryl methyl sites for hydroxylation is 2. The number of piperidine rings is 1. The van der Waals surface area contributed by atoms with Crippen LogP contribution in [-0.4, -0.2) is 37.8 Å². The molecule has 1 saturated heterocycles. The van der Waals surface area contributed by atoms with Crippen molar-refractivity contribution in [1.29, 1.82) is 0 Å². The van der Waals surface area contributed by atoms with E-state index in [-0.39, 0.29) is 0 Å². The molecule has 2 unspecified atom stereocenters. The van der Waals surface area contributed by atoms with E-state index in [1.165, 1.54) is 28.7 Å². The highest BCUT2D eigenvalue weighted by atomic mass is 32.1. The third-order valence-electron chi connectivity index (χ3n) is 5.90. The lowest BCUT2D eigenvalue weighted by Gasteiger charge is -2.33. The van der Waals surface area contributed by atoms with Gasteiger partial charge >= 0.3 is 0 Å². The molecule has 0 amide bonds. The number of nitrogens with zero attached hydrogens (tertiary/aromatic N) is 6. The first-order chi connectivity index (χ1) is 12.7. The Morgan fingerprint density at radius 2 is 2.15 bits per heavy atom. The van der Waals surface area contributed by atoms with E-state index in [2.05, 4.69) is 31.6 Å². The van der Waals surface area contributed by atoms with Crippen LogP contribution in [0.3, 0.4) is 0 Å². The van der Waals surface area contributed by atoms with Gasteiger partial charge in [-0.25, -0.2) is 9.97 Å². The maximum absolute atomic E-state index is 4.75. The minimum atomic E-state index is 0.413. The standard InChI is InChI=1S/C19H24N6S/c1-12-5-6-14-15(8-12)26-19-16(14)18(20-10-21-19)25-7-3-4-13(9-25)17-23-22-11-24(17)2/h10-13H,3-9H2,1-2H3. The van der Waals surface area contributed by atoms with Crippen molar-refractivity contribution in [3.63, 3.8) is 0 Å². The molecule has 26 heavy (non-hydrogen) atoms. The third-order valence-corrected chi connectivity index (χ3v) is 7.07. The highest BCUT2D eigenvalue weighted by molar-refractivity contribution is 7.19. The fourth-order valence-electron chi connectivity index (χ4n) is 4.54. The first-order valence-corrected chi connectivity index (χ1v) is 10.4. The van der Waals surface area contributed by atoms with Gasteiger partial charge in [-0.05, 0) is 43.6 Å². The Bertz CT molecular complexity index is 945. The fourth-order valence-corrected chi connectivity index (χ4v) is 5.89. The van der Waals surface area contributed by atoms with Gasteiger partial charge in [-0.3, -0.25) is 0 Å². The Hall–Kier alpha value is -2.02. The first kappa shape index (κ1) is 16.2. The highest BCUT2D eigenvalue weighted by Crippen LogP contribution is 2.41. The van der Waals surface area contributed by atoms with Crippen LogP contribution in [0.2, 0.25) is 0 Å². The molecular formula is C19H24N6S. The molecule has 7 heteroatoms. The lowest BCUT2D eigenvalue weighted by atomic mass is 9.89. The summed E-state index contributed by atoms with van der Waals surface area (Å²) in [5, 5.41) is 9.74. The largest absolute Gasteiger partial charge is 0.355 e. The SMILES string of the molecule is CC1CCc2c(sc3ncnc(N4CCCC(c5nncn5C)C4)c23)C1. The molecule has 0 spiro atoms. The normalized spacial score (nSPS) is 23.4. The average Bonchev–Trinajstić information content (AvgIpc) is 3.24. The molecule has 6 nitrogen and oxygen atoms in total. The van der Waals surface area contributed by atoms with E-state index in [1.54, 1.807) is 12.7 Å². The smallest absolute Gasteiger partial charge is 0.141 e. The Kier molecular flexibility index (Phi) is 3.92. The van der Waals surface area contributed by atoms with E-state index in [9.17, 15) is 0 Å². The number of hydrogen-bond donors (Lipinski definition) is 0. The van der Waals surface area contributed by atoms with Crippen LogP contribution in [0.5, 0.6) is 0 Å². The van der Waals surface area contributed by atoms with E-state index >= 15 is 0 Å². The van der Waals surface area contributed by atoms with E-state index in [4.69, 9.17) is 4.98 Å². The van der Waals surface area contributed by atoms with Gasteiger partial charge in [-0.15, -0.1) is 21.5 Å². The number of thiophene rings is 1. The van der Waals surface area contributed by atoms with Crippen molar-refractivity contribution < 1.29 is 0 Å². The fraction of sp³-hybridized carbons (Fsp3) is 0.579. The summed E-state index contributed by atoms with van der Waals surface area (Å²) in [6.07, 6.45) is 9.50. The molecule has 0 aromatic carbocycles. The van der Waals surface area contributed by atoms with Crippen molar-refractivity contribution in [3.05, 3.63) is 28.9 Å². The molecule has 1 aliphatic heterocycles. The number of aromatic nitrogens is 5. The van der Waals surface area contributed by atoms with Crippen molar-refractivity contribution in [2.45, 2.75) is 44.9 Å². The summed E-state index contributed by atoms with van der Waals surface area (Å²) in [5.74, 6) is 3.41. The Morgan fingerprint density at radius 1 is 1.23 bits per heavy atom. The maximum Gasteiger partial charge on any atom is 0.141 e. The van der Waals surface area contributed by atoms with Crippen LogP contribution in [0.25, 0.3) is 10.2 Å². The molecule has 2 atom stereocenters. The topological polar surface area (TPSA) is 59.7 Å². The molecular weight excluding hydrogens is 344 g/mol. The van der Waals surface area contributed by atoms with E-state index in [0.717, 1.165) is 54.7 Å². The monoisotopic (exact) mass is 368 g/mol. The van der Waals surface area contributed by atoms with E-state index in [0.29, 0.717) is 5.92 Å². The molecule has 3 aromatic rings. The van der Waals surface area contributed by atoms with E-state index in [1.807, 2.05) is 18.4 Å². The van der Waals surface area contributed by atoms with Gasteiger partial charge in [0.15, 0.2) is 0 Å². The zero-order valence-electron chi connectivity index (χ0n) is 15.4. The molecule has 136 valence electrons. The summed E-state index contributed by atoms with van der Waals surface area (Å²) in [7, 11) is 2.04. The quantitative estimate of drug-likeness (QED) is 0.694. The first-order valence-electron chi connectivity index (χ1n) is 9.54. The van der Waals surface area contributed by atoms with Gasteiger partial charge in [0.1, 0.15) is 29.1 Å². The van der Waals surface area contributed by atoms with Gasteiger partial charge in [-0.2, -0.15) is 0 Å². The minimum absolute atomic E-state index is 0.413. The zero-order valence-corrected chi connectivity index (χ0v) is 16.2. The Balaban J connectivity index is 1.53. The Morgan fingerprint density at radius 3 is 3.00 bits per heavy atom. The summed E-state index contributed by atoms with van der Waals surface area (Å²) in [5.41, 5.74) is 1.51. The second kappa shape index (κ2) is 6.30. The van der Waals surface area contributed by atoms with Crippen LogP contribution in [0.15, 0.2) is 12.7 Å². The molecule has 5 rings (SSSR count). The number of hydrogen-bond acceptors (Lipinski definition) is 6. The molecule has 4 heterocycles. The van der Waals surface area contributed by atoms with Gasteiger partial charge < -0.3 is 9.47 Å². The molecule has 1 aliphatic carbocycles. The second-order valence-electron chi connectivity index (χ2n) is 7.81. The molecule has 0 N–H and O–H groups in total. The number of anilines is 1. The second-order valence-corrected chi connectivity index (χ2v) is 8.90. The summed E-state index contributed by atoms with van der Waals surface area (Å²) in [4.78, 5) is 14.5. The van der Waals surface area contributed by atoms with Crippen molar-refractivity contribution in [2.75, 3.05) is 18.0 Å². The van der Waals surface area contributed by atoms with Crippen LogP contribution < -0.4 is 4.90 Å². The number of fused-ring (bicyclic) bond motifs is 3. The van der Waals surface area contributed by atoms with Crippen LogP contribution in [-0.2, 0) is 19.9 Å². The van der Waals surface area contributed by atoms with Gasteiger partial charge in [0.25, 0.3) is 0 Å². The van der Waals surface area contributed by atoms with Crippen LogP contribution >= 0.6 is 11.3 Å².